The number of benzene rings is 2. The monoisotopic (exact) mass is 394 g/mol. The largest absolute Gasteiger partial charge is 0.503 e. The third-order valence-electron chi connectivity index (χ3n) is 2.79. The van der Waals surface area contributed by atoms with E-state index in [0.717, 1.165) is 4.90 Å². The predicted molar refractivity (Wildman–Crippen MR) is 95.3 cm³/mol. The zero-order chi connectivity index (χ0) is 16.7. The highest BCUT2D eigenvalue weighted by molar-refractivity contribution is 9.10. The molecular weight excluding hydrogens is 380 g/mol. The lowest BCUT2D eigenvalue weighted by Crippen LogP contribution is -2.19. The summed E-state index contributed by atoms with van der Waals surface area (Å²) in [7, 11) is 1.46. The van der Waals surface area contributed by atoms with Crippen LogP contribution < -0.4 is 10.2 Å². The molecule has 0 bridgehead atoms. The number of hydrogen-bond donors (Lipinski definition) is 2. The molecule has 0 saturated heterocycles. The molecule has 0 aliphatic carbocycles. The number of hydrazone groups is 1. The minimum atomic E-state index is -0.195. The van der Waals surface area contributed by atoms with Gasteiger partial charge < -0.3 is 9.84 Å². The molecule has 0 aliphatic heterocycles. The van der Waals surface area contributed by atoms with Gasteiger partial charge in [-0.2, -0.15) is 5.10 Å². The molecule has 23 heavy (non-hydrogen) atoms. The van der Waals surface area contributed by atoms with Crippen molar-refractivity contribution in [2.75, 3.05) is 12.9 Å². The molecule has 120 valence electrons. The highest BCUT2D eigenvalue weighted by Crippen LogP contribution is 2.34. The van der Waals surface area contributed by atoms with E-state index >= 15 is 0 Å². The number of thioether (sulfide) groups is 1. The van der Waals surface area contributed by atoms with Crippen molar-refractivity contribution in [2.45, 2.75) is 4.90 Å². The third-order valence-corrected chi connectivity index (χ3v) is 4.40. The second-order valence-electron chi connectivity index (χ2n) is 4.45. The van der Waals surface area contributed by atoms with Gasteiger partial charge in [-0.05, 0) is 45.8 Å². The van der Waals surface area contributed by atoms with E-state index < -0.39 is 0 Å². The van der Waals surface area contributed by atoms with Crippen LogP contribution in [-0.2, 0) is 4.79 Å². The number of methoxy groups -OCH3 is 1. The van der Waals surface area contributed by atoms with E-state index in [1.165, 1.54) is 25.1 Å². The van der Waals surface area contributed by atoms with Gasteiger partial charge in [0.25, 0.3) is 0 Å². The van der Waals surface area contributed by atoms with E-state index in [9.17, 15) is 9.90 Å². The summed E-state index contributed by atoms with van der Waals surface area (Å²) < 4.78 is 5.54. The van der Waals surface area contributed by atoms with Crippen LogP contribution in [0.4, 0.5) is 0 Å². The lowest BCUT2D eigenvalue weighted by atomic mass is 10.2. The van der Waals surface area contributed by atoms with Gasteiger partial charge in [0.2, 0.25) is 5.91 Å². The number of nitrogens with one attached hydrogen (secondary N) is 1. The van der Waals surface area contributed by atoms with Gasteiger partial charge in [-0.1, -0.05) is 18.2 Å². The van der Waals surface area contributed by atoms with Crippen LogP contribution in [0.15, 0.2) is 56.9 Å². The van der Waals surface area contributed by atoms with Gasteiger partial charge in [0, 0.05) is 4.90 Å². The Morgan fingerprint density at radius 2 is 2.13 bits per heavy atom. The molecule has 1 amide bonds. The van der Waals surface area contributed by atoms with E-state index in [4.69, 9.17) is 4.74 Å². The van der Waals surface area contributed by atoms with Crippen LogP contribution in [0.1, 0.15) is 5.56 Å². The Balaban J connectivity index is 1.89. The molecule has 0 aliphatic rings. The minimum absolute atomic E-state index is 0.0212. The Kier molecular flexibility index (Phi) is 6.49. The average molecular weight is 395 g/mol. The fraction of sp³-hybridized carbons (Fsp3) is 0.125. The Bertz CT molecular complexity index is 708. The van der Waals surface area contributed by atoms with Crippen molar-refractivity contribution in [1.29, 1.82) is 0 Å². The second kappa shape index (κ2) is 8.59. The van der Waals surface area contributed by atoms with Crippen molar-refractivity contribution in [1.82, 2.24) is 5.43 Å². The van der Waals surface area contributed by atoms with Gasteiger partial charge in [-0.15, -0.1) is 11.8 Å². The smallest absolute Gasteiger partial charge is 0.250 e. The first-order valence-electron chi connectivity index (χ1n) is 6.66. The molecule has 2 rings (SSSR count). The molecule has 0 radical (unpaired) electrons. The maximum atomic E-state index is 11.7. The summed E-state index contributed by atoms with van der Waals surface area (Å²) in [6.45, 7) is 0. The first kappa shape index (κ1) is 17.4. The van der Waals surface area contributed by atoms with Crippen LogP contribution >= 0.6 is 27.7 Å². The molecule has 2 N–H and O–H groups in total. The fourth-order valence-corrected chi connectivity index (χ4v) is 2.87. The molecule has 0 saturated carbocycles. The number of rotatable bonds is 6. The number of amides is 1. The number of ether oxygens (including phenoxy) is 1. The van der Waals surface area contributed by atoms with E-state index in [1.54, 1.807) is 12.1 Å². The lowest BCUT2D eigenvalue weighted by molar-refractivity contribution is -0.118. The SMILES string of the molecule is COc1cc(/C=N\NC(=O)CSc2ccccc2)cc(Br)c1O. The maximum absolute atomic E-state index is 11.7. The number of aromatic hydroxyl groups is 1. The number of nitrogens with zero attached hydrogens (tertiary/aromatic N) is 1. The first-order chi connectivity index (χ1) is 11.1. The van der Waals surface area contributed by atoms with Crippen molar-refractivity contribution >= 4 is 39.8 Å². The van der Waals surface area contributed by atoms with Gasteiger partial charge >= 0.3 is 0 Å². The van der Waals surface area contributed by atoms with Gasteiger partial charge in [0.1, 0.15) is 0 Å². The number of carbonyl (C=O) groups excluding carboxylic acids is 1. The highest BCUT2D eigenvalue weighted by Gasteiger charge is 2.07. The molecule has 0 unspecified atom stereocenters. The lowest BCUT2D eigenvalue weighted by Gasteiger charge is -2.06. The highest BCUT2D eigenvalue weighted by atomic mass is 79.9. The van der Waals surface area contributed by atoms with Crippen molar-refractivity contribution in [3.05, 3.63) is 52.5 Å². The number of carbonyl (C=O) groups is 1. The number of hydrogen-bond acceptors (Lipinski definition) is 5. The first-order valence-corrected chi connectivity index (χ1v) is 8.44. The molecular formula is C16H15BrN2O3S. The van der Waals surface area contributed by atoms with Gasteiger partial charge in [0.15, 0.2) is 11.5 Å². The Morgan fingerprint density at radius 3 is 2.83 bits per heavy atom. The van der Waals surface area contributed by atoms with Crippen LogP contribution in [0, 0.1) is 0 Å². The second-order valence-corrected chi connectivity index (χ2v) is 6.35. The Hall–Kier alpha value is -1.99. The van der Waals surface area contributed by atoms with Crippen LogP contribution in [0.5, 0.6) is 11.5 Å². The van der Waals surface area contributed by atoms with Crippen LogP contribution in [-0.4, -0.2) is 30.1 Å². The molecule has 2 aromatic carbocycles. The quantitative estimate of drug-likeness (QED) is 0.447. The van der Waals surface area contributed by atoms with Crippen LogP contribution in [0.25, 0.3) is 0 Å². The molecule has 0 fully saturated rings. The summed E-state index contributed by atoms with van der Waals surface area (Å²) >= 11 is 4.67. The Labute approximate surface area is 146 Å². The molecule has 0 atom stereocenters. The summed E-state index contributed by atoms with van der Waals surface area (Å²) in [5, 5.41) is 13.6. The average Bonchev–Trinajstić information content (AvgIpc) is 2.57. The summed E-state index contributed by atoms with van der Waals surface area (Å²) in [6.07, 6.45) is 1.48. The molecule has 2 aromatic rings. The summed E-state index contributed by atoms with van der Waals surface area (Å²) in [4.78, 5) is 12.8. The normalized spacial score (nSPS) is 10.7. The molecule has 5 nitrogen and oxygen atoms in total. The van der Waals surface area contributed by atoms with E-state index in [2.05, 4.69) is 26.5 Å². The van der Waals surface area contributed by atoms with Crippen molar-refractivity contribution in [2.24, 2.45) is 5.10 Å². The summed E-state index contributed by atoms with van der Waals surface area (Å²) in [6, 6.07) is 13.0. The summed E-state index contributed by atoms with van der Waals surface area (Å²) in [5.74, 6) is 0.434. The van der Waals surface area contributed by atoms with Crippen LogP contribution in [0.3, 0.4) is 0 Å². The van der Waals surface area contributed by atoms with E-state index in [0.29, 0.717) is 15.8 Å². The van der Waals surface area contributed by atoms with Gasteiger partial charge in [-0.25, -0.2) is 5.43 Å². The number of halogens is 1. The number of phenolic OH excluding ortho intramolecular Hbond substituents is 1. The maximum Gasteiger partial charge on any atom is 0.250 e. The zero-order valence-electron chi connectivity index (χ0n) is 12.3. The molecule has 0 aromatic heterocycles. The fourth-order valence-electron chi connectivity index (χ4n) is 1.70. The number of phenols is 1. The Morgan fingerprint density at radius 1 is 1.39 bits per heavy atom. The van der Waals surface area contributed by atoms with E-state index in [-0.39, 0.29) is 17.4 Å². The van der Waals surface area contributed by atoms with E-state index in [1.807, 2.05) is 30.3 Å². The topological polar surface area (TPSA) is 70.9 Å². The standard InChI is InChI=1S/C16H15BrN2O3S/c1-22-14-8-11(7-13(17)16(14)21)9-18-19-15(20)10-23-12-5-3-2-4-6-12/h2-9,21H,10H2,1H3,(H,19,20)/b18-9-. The van der Waals surface area contributed by atoms with Crippen LogP contribution in [0.2, 0.25) is 0 Å². The predicted octanol–water partition coefficient (Wildman–Crippen LogP) is 3.41. The molecule has 0 heterocycles. The minimum Gasteiger partial charge on any atom is -0.503 e. The van der Waals surface area contributed by atoms with Crippen molar-refractivity contribution < 1.29 is 14.6 Å². The third kappa shape index (κ3) is 5.30. The van der Waals surface area contributed by atoms with Crippen molar-refractivity contribution in [3.63, 3.8) is 0 Å². The van der Waals surface area contributed by atoms with Gasteiger partial charge in [0.05, 0.1) is 23.5 Å². The molecule has 7 heteroatoms. The molecule has 0 spiro atoms. The van der Waals surface area contributed by atoms with Gasteiger partial charge in [-0.3, -0.25) is 4.79 Å². The zero-order valence-corrected chi connectivity index (χ0v) is 14.7. The summed E-state index contributed by atoms with van der Waals surface area (Å²) in [5.41, 5.74) is 3.15. The van der Waals surface area contributed by atoms with Crippen molar-refractivity contribution in [3.8, 4) is 11.5 Å².